The SMILES string of the molecule is CNCC1(CCC(C)C)CCOCC1. The Balaban J connectivity index is 2.42. The van der Waals surface area contributed by atoms with Crippen molar-refractivity contribution in [3.63, 3.8) is 0 Å². The number of rotatable bonds is 5. The Morgan fingerprint density at radius 2 is 1.93 bits per heavy atom. The van der Waals surface area contributed by atoms with Crippen molar-refractivity contribution in [1.82, 2.24) is 5.32 Å². The first-order chi connectivity index (χ1) is 6.68. The zero-order valence-electron chi connectivity index (χ0n) is 9.94. The lowest BCUT2D eigenvalue weighted by atomic mass is 9.75. The van der Waals surface area contributed by atoms with Crippen LogP contribution in [0.1, 0.15) is 39.5 Å². The average molecular weight is 199 g/mol. The standard InChI is InChI=1S/C12H25NO/c1-11(2)4-5-12(10-13-3)6-8-14-9-7-12/h11,13H,4-10H2,1-3H3. The molecule has 0 aromatic rings. The van der Waals surface area contributed by atoms with Crippen molar-refractivity contribution in [1.29, 1.82) is 0 Å². The molecule has 0 saturated carbocycles. The molecule has 0 bridgehead atoms. The van der Waals surface area contributed by atoms with Crippen molar-refractivity contribution in [2.24, 2.45) is 11.3 Å². The van der Waals surface area contributed by atoms with Gasteiger partial charge in [0, 0.05) is 19.8 Å². The van der Waals surface area contributed by atoms with E-state index in [1.807, 2.05) is 0 Å². The molecular formula is C12H25NO. The fourth-order valence-electron chi connectivity index (χ4n) is 2.29. The third kappa shape index (κ3) is 3.58. The van der Waals surface area contributed by atoms with Crippen LogP contribution in [0.5, 0.6) is 0 Å². The molecule has 0 aliphatic carbocycles. The Labute approximate surface area is 88.4 Å². The molecule has 2 nitrogen and oxygen atoms in total. The highest BCUT2D eigenvalue weighted by molar-refractivity contribution is 4.83. The molecule has 0 atom stereocenters. The van der Waals surface area contributed by atoms with E-state index in [-0.39, 0.29) is 0 Å². The van der Waals surface area contributed by atoms with E-state index in [1.165, 1.54) is 25.7 Å². The summed E-state index contributed by atoms with van der Waals surface area (Å²) in [5.74, 6) is 0.826. The third-order valence-electron chi connectivity index (χ3n) is 3.36. The number of hydrogen-bond acceptors (Lipinski definition) is 2. The quantitative estimate of drug-likeness (QED) is 0.734. The van der Waals surface area contributed by atoms with Crippen molar-refractivity contribution in [2.45, 2.75) is 39.5 Å². The third-order valence-corrected chi connectivity index (χ3v) is 3.36. The summed E-state index contributed by atoms with van der Waals surface area (Å²) < 4.78 is 5.45. The van der Waals surface area contributed by atoms with Crippen LogP contribution >= 0.6 is 0 Å². The molecule has 0 radical (unpaired) electrons. The topological polar surface area (TPSA) is 21.3 Å². The lowest BCUT2D eigenvalue weighted by molar-refractivity contribution is 0.00881. The second-order valence-corrected chi connectivity index (χ2v) is 5.08. The minimum absolute atomic E-state index is 0.525. The Morgan fingerprint density at radius 1 is 1.29 bits per heavy atom. The average Bonchev–Trinajstić information content (AvgIpc) is 2.17. The fourth-order valence-corrected chi connectivity index (χ4v) is 2.29. The van der Waals surface area contributed by atoms with E-state index >= 15 is 0 Å². The summed E-state index contributed by atoms with van der Waals surface area (Å²) in [6, 6.07) is 0. The normalized spacial score (nSPS) is 21.4. The molecule has 0 spiro atoms. The monoisotopic (exact) mass is 199 g/mol. The number of ether oxygens (including phenoxy) is 1. The molecule has 2 heteroatoms. The summed E-state index contributed by atoms with van der Waals surface area (Å²) in [6.07, 6.45) is 5.18. The van der Waals surface area contributed by atoms with Gasteiger partial charge in [0.1, 0.15) is 0 Å². The van der Waals surface area contributed by atoms with E-state index in [2.05, 4.69) is 26.2 Å². The molecule has 1 aliphatic heterocycles. The van der Waals surface area contributed by atoms with Gasteiger partial charge in [-0.2, -0.15) is 0 Å². The van der Waals surface area contributed by atoms with E-state index in [0.29, 0.717) is 5.41 Å². The highest BCUT2D eigenvalue weighted by atomic mass is 16.5. The molecule has 14 heavy (non-hydrogen) atoms. The first-order valence-corrected chi connectivity index (χ1v) is 5.91. The lowest BCUT2D eigenvalue weighted by Crippen LogP contribution is -2.38. The second-order valence-electron chi connectivity index (χ2n) is 5.08. The minimum Gasteiger partial charge on any atom is -0.381 e. The van der Waals surface area contributed by atoms with Gasteiger partial charge in [0.2, 0.25) is 0 Å². The van der Waals surface area contributed by atoms with Crippen LogP contribution in [0.2, 0.25) is 0 Å². The molecule has 1 heterocycles. The molecular weight excluding hydrogens is 174 g/mol. The van der Waals surface area contributed by atoms with Crippen LogP contribution < -0.4 is 5.32 Å². The second kappa shape index (κ2) is 5.72. The zero-order valence-corrected chi connectivity index (χ0v) is 9.94. The summed E-state index contributed by atoms with van der Waals surface area (Å²) in [7, 11) is 2.06. The molecule has 1 N–H and O–H groups in total. The number of nitrogens with one attached hydrogen (secondary N) is 1. The van der Waals surface area contributed by atoms with Gasteiger partial charge >= 0.3 is 0 Å². The summed E-state index contributed by atoms with van der Waals surface area (Å²) in [6.45, 7) is 7.70. The fraction of sp³-hybridized carbons (Fsp3) is 1.00. The molecule has 0 aromatic heterocycles. The van der Waals surface area contributed by atoms with E-state index in [9.17, 15) is 0 Å². The molecule has 0 unspecified atom stereocenters. The molecule has 1 saturated heterocycles. The zero-order chi connectivity index (χ0) is 10.4. The van der Waals surface area contributed by atoms with Gasteiger partial charge in [-0.25, -0.2) is 0 Å². The van der Waals surface area contributed by atoms with E-state index in [1.54, 1.807) is 0 Å². The molecule has 0 aromatic carbocycles. The van der Waals surface area contributed by atoms with Crippen LogP contribution in [-0.2, 0) is 4.74 Å². The van der Waals surface area contributed by atoms with Crippen LogP contribution in [0.25, 0.3) is 0 Å². The molecule has 84 valence electrons. The maximum Gasteiger partial charge on any atom is 0.0471 e. The maximum absolute atomic E-state index is 5.45. The minimum atomic E-state index is 0.525. The summed E-state index contributed by atoms with van der Waals surface area (Å²) in [5, 5.41) is 3.35. The van der Waals surface area contributed by atoms with Crippen molar-refractivity contribution < 1.29 is 4.74 Å². The van der Waals surface area contributed by atoms with Crippen molar-refractivity contribution in [3.8, 4) is 0 Å². The van der Waals surface area contributed by atoms with Crippen molar-refractivity contribution in [3.05, 3.63) is 0 Å². The van der Waals surface area contributed by atoms with E-state index in [0.717, 1.165) is 25.7 Å². The molecule has 0 amide bonds. The van der Waals surface area contributed by atoms with Gasteiger partial charge in [-0.15, -0.1) is 0 Å². The first-order valence-electron chi connectivity index (χ1n) is 5.91. The molecule has 1 rings (SSSR count). The first kappa shape index (κ1) is 12.0. The van der Waals surface area contributed by atoms with Crippen molar-refractivity contribution in [2.75, 3.05) is 26.8 Å². The highest BCUT2D eigenvalue weighted by Crippen LogP contribution is 2.35. The Morgan fingerprint density at radius 3 is 2.43 bits per heavy atom. The maximum atomic E-state index is 5.45. The largest absolute Gasteiger partial charge is 0.381 e. The molecule has 1 fully saturated rings. The van der Waals surface area contributed by atoms with Gasteiger partial charge in [-0.3, -0.25) is 0 Å². The summed E-state index contributed by atoms with van der Waals surface area (Å²) in [4.78, 5) is 0. The Kier molecular flexibility index (Phi) is 4.90. The predicted octanol–water partition coefficient (Wildman–Crippen LogP) is 2.44. The Hall–Kier alpha value is -0.0800. The summed E-state index contributed by atoms with van der Waals surface area (Å²) in [5.41, 5.74) is 0.525. The summed E-state index contributed by atoms with van der Waals surface area (Å²) >= 11 is 0. The van der Waals surface area contributed by atoms with Crippen LogP contribution in [-0.4, -0.2) is 26.8 Å². The van der Waals surface area contributed by atoms with Gasteiger partial charge in [0.15, 0.2) is 0 Å². The van der Waals surface area contributed by atoms with Gasteiger partial charge in [0.05, 0.1) is 0 Å². The van der Waals surface area contributed by atoms with E-state index < -0.39 is 0 Å². The Bertz CT molecular complexity index is 145. The van der Waals surface area contributed by atoms with Crippen LogP contribution in [0.4, 0.5) is 0 Å². The van der Waals surface area contributed by atoms with Crippen LogP contribution in [0.3, 0.4) is 0 Å². The van der Waals surface area contributed by atoms with E-state index in [4.69, 9.17) is 4.74 Å². The van der Waals surface area contributed by atoms with Crippen LogP contribution in [0.15, 0.2) is 0 Å². The van der Waals surface area contributed by atoms with Gasteiger partial charge in [-0.05, 0) is 37.6 Å². The predicted molar refractivity (Wildman–Crippen MR) is 60.5 cm³/mol. The molecule has 1 aliphatic rings. The smallest absolute Gasteiger partial charge is 0.0471 e. The lowest BCUT2D eigenvalue weighted by Gasteiger charge is -2.37. The number of hydrogen-bond donors (Lipinski definition) is 1. The van der Waals surface area contributed by atoms with Gasteiger partial charge in [0.25, 0.3) is 0 Å². The van der Waals surface area contributed by atoms with Gasteiger partial charge < -0.3 is 10.1 Å². The van der Waals surface area contributed by atoms with Crippen LogP contribution in [0, 0.1) is 11.3 Å². The van der Waals surface area contributed by atoms with Crippen molar-refractivity contribution >= 4 is 0 Å². The highest BCUT2D eigenvalue weighted by Gasteiger charge is 2.31. The van der Waals surface area contributed by atoms with Gasteiger partial charge in [-0.1, -0.05) is 20.3 Å².